The van der Waals surface area contributed by atoms with E-state index in [9.17, 15) is 9.18 Å². The zero-order valence-electron chi connectivity index (χ0n) is 10.0. The molecule has 0 bridgehead atoms. The summed E-state index contributed by atoms with van der Waals surface area (Å²) < 4.78 is 12.9. The van der Waals surface area contributed by atoms with Crippen molar-refractivity contribution in [1.29, 1.82) is 0 Å². The van der Waals surface area contributed by atoms with Gasteiger partial charge in [-0.15, -0.1) is 0 Å². The maximum absolute atomic E-state index is 12.9. The van der Waals surface area contributed by atoms with Crippen LogP contribution >= 0.6 is 11.6 Å². The Bertz CT molecular complexity index is 413. The standard InChI is InChI=1S/C12H16ClFN2O2/c1-8(17)7-15-4-5-16-12(18)9-2-3-11(14)10(13)6-9/h2-3,6,8,15,17H,4-5,7H2,1H3,(H,16,18). The van der Waals surface area contributed by atoms with Gasteiger partial charge in [0.25, 0.3) is 5.91 Å². The molecule has 100 valence electrons. The Kier molecular flexibility index (Phi) is 6.04. The van der Waals surface area contributed by atoms with Gasteiger partial charge in [0.05, 0.1) is 11.1 Å². The molecule has 1 unspecified atom stereocenters. The van der Waals surface area contributed by atoms with Crippen LogP contribution in [0.1, 0.15) is 17.3 Å². The van der Waals surface area contributed by atoms with Crippen LogP contribution in [-0.4, -0.2) is 36.8 Å². The summed E-state index contributed by atoms with van der Waals surface area (Å²) in [6.45, 7) is 3.11. The number of carbonyl (C=O) groups excluding carboxylic acids is 1. The van der Waals surface area contributed by atoms with Gasteiger partial charge in [-0.3, -0.25) is 4.79 Å². The van der Waals surface area contributed by atoms with Gasteiger partial charge in [0, 0.05) is 25.2 Å². The van der Waals surface area contributed by atoms with Gasteiger partial charge in [-0.25, -0.2) is 4.39 Å². The van der Waals surface area contributed by atoms with E-state index in [-0.39, 0.29) is 10.9 Å². The molecular weight excluding hydrogens is 259 g/mol. The number of hydrogen-bond acceptors (Lipinski definition) is 3. The highest BCUT2D eigenvalue weighted by Crippen LogP contribution is 2.15. The summed E-state index contributed by atoms with van der Waals surface area (Å²) in [6.07, 6.45) is -0.420. The molecule has 0 aliphatic rings. The van der Waals surface area contributed by atoms with Crippen molar-refractivity contribution in [3.63, 3.8) is 0 Å². The first-order chi connectivity index (χ1) is 8.50. The van der Waals surface area contributed by atoms with Crippen molar-refractivity contribution in [1.82, 2.24) is 10.6 Å². The van der Waals surface area contributed by atoms with Crippen LogP contribution in [0, 0.1) is 5.82 Å². The minimum Gasteiger partial charge on any atom is -0.392 e. The van der Waals surface area contributed by atoms with E-state index < -0.39 is 11.9 Å². The van der Waals surface area contributed by atoms with Gasteiger partial charge < -0.3 is 15.7 Å². The molecule has 0 saturated heterocycles. The van der Waals surface area contributed by atoms with Crippen LogP contribution in [0.15, 0.2) is 18.2 Å². The number of aliphatic hydroxyl groups is 1. The second-order valence-electron chi connectivity index (χ2n) is 3.94. The minimum absolute atomic E-state index is 0.0742. The summed E-state index contributed by atoms with van der Waals surface area (Å²) in [5.41, 5.74) is 0.317. The summed E-state index contributed by atoms with van der Waals surface area (Å²) in [5, 5.41) is 14.5. The molecule has 0 fully saturated rings. The number of hydrogen-bond donors (Lipinski definition) is 3. The highest BCUT2D eigenvalue weighted by molar-refractivity contribution is 6.31. The fourth-order valence-corrected chi connectivity index (χ4v) is 1.50. The van der Waals surface area contributed by atoms with Gasteiger partial charge in [0.2, 0.25) is 0 Å². The molecule has 0 aromatic heterocycles. The normalized spacial score (nSPS) is 12.2. The van der Waals surface area contributed by atoms with Gasteiger partial charge in [-0.1, -0.05) is 11.6 Å². The third kappa shape index (κ3) is 5.00. The van der Waals surface area contributed by atoms with Crippen molar-refractivity contribution in [2.24, 2.45) is 0 Å². The van der Waals surface area contributed by atoms with Gasteiger partial charge in [0.1, 0.15) is 5.82 Å². The van der Waals surface area contributed by atoms with Crippen molar-refractivity contribution in [3.8, 4) is 0 Å². The number of aliphatic hydroxyl groups excluding tert-OH is 1. The van der Waals surface area contributed by atoms with E-state index in [2.05, 4.69) is 10.6 Å². The molecule has 1 amide bonds. The van der Waals surface area contributed by atoms with Gasteiger partial charge in [-0.2, -0.15) is 0 Å². The summed E-state index contributed by atoms with van der Waals surface area (Å²) in [6, 6.07) is 3.82. The second-order valence-corrected chi connectivity index (χ2v) is 4.35. The van der Waals surface area contributed by atoms with Crippen LogP contribution in [0.4, 0.5) is 4.39 Å². The van der Waals surface area contributed by atoms with Gasteiger partial charge >= 0.3 is 0 Å². The van der Waals surface area contributed by atoms with Crippen LogP contribution < -0.4 is 10.6 Å². The first-order valence-corrected chi connectivity index (χ1v) is 6.00. The maximum Gasteiger partial charge on any atom is 0.251 e. The van der Waals surface area contributed by atoms with Crippen LogP contribution in [0.2, 0.25) is 5.02 Å². The molecule has 0 spiro atoms. The lowest BCUT2D eigenvalue weighted by molar-refractivity contribution is 0.0953. The van der Waals surface area contributed by atoms with E-state index >= 15 is 0 Å². The molecule has 1 aromatic rings. The SMILES string of the molecule is CC(O)CNCCNC(=O)c1ccc(F)c(Cl)c1. The van der Waals surface area contributed by atoms with Crippen molar-refractivity contribution < 1.29 is 14.3 Å². The molecule has 0 saturated carbocycles. The predicted molar refractivity (Wildman–Crippen MR) is 68.3 cm³/mol. The van der Waals surface area contributed by atoms with E-state index in [1.807, 2.05) is 0 Å². The Balaban J connectivity index is 2.34. The average Bonchev–Trinajstić information content (AvgIpc) is 2.31. The van der Waals surface area contributed by atoms with Crippen LogP contribution in [0.25, 0.3) is 0 Å². The summed E-state index contributed by atoms with van der Waals surface area (Å²) in [7, 11) is 0. The summed E-state index contributed by atoms with van der Waals surface area (Å²) in [4.78, 5) is 11.6. The third-order valence-corrected chi connectivity index (χ3v) is 2.50. The molecule has 4 nitrogen and oxygen atoms in total. The molecule has 0 aliphatic carbocycles. The van der Waals surface area contributed by atoms with E-state index in [0.29, 0.717) is 25.2 Å². The number of carbonyl (C=O) groups is 1. The first-order valence-electron chi connectivity index (χ1n) is 5.62. The number of nitrogens with one attached hydrogen (secondary N) is 2. The number of rotatable bonds is 6. The van der Waals surface area contributed by atoms with Crippen molar-refractivity contribution in [2.45, 2.75) is 13.0 Å². The Morgan fingerprint density at radius 2 is 2.22 bits per heavy atom. The van der Waals surface area contributed by atoms with Gasteiger partial charge in [-0.05, 0) is 25.1 Å². The lowest BCUT2D eigenvalue weighted by Crippen LogP contribution is -2.34. The van der Waals surface area contributed by atoms with Crippen molar-refractivity contribution in [3.05, 3.63) is 34.6 Å². The Labute approximate surface area is 110 Å². The Hall–Kier alpha value is -1.17. The molecule has 0 aliphatic heterocycles. The van der Waals surface area contributed by atoms with E-state index in [4.69, 9.17) is 16.7 Å². The Morgan fingerprint density at radius 3 is 2.83 bits per heavy atom. The molecule has 1 aromatic carbocycles. The first kappa shape index (κ1) is 14.9. The zero-order valence-corrected chi connectivity index (χ0v) is 10.8. The number of benzene rings is 1. The fraction of sp³-hybridized carbons (Fsp3) is 0.417. The molecule has 6 heteroatoms. The molecule has 1 atom stereocenters. The maximum atomic E-state index is 12.9. The number of amides is 1. The van der Waals surface area contributed by atoms with Crippen molar-refractivity contribution >= 4 is 17.5 Å². The van der Waals surface area contributed by atoms with E-state index in [0.717, 1.165) is 6.07 Å². The lowest BCUT2D eigenvalue weighted by atomic mass is 10.2. The molecule has 18 heavy (non-hydrogen) atoms. The lowest BCUT2D eigenvalue weighted by Gasteiger charge is -2.08. The fourth-order valence-electron chi connectivity index (χ4n) is 1.31. The molecular formula is C12H16ClFN2O2. The molecule has 1 rings (SSSR count). The second kappa shape index (κ2) is 7.31. The van der Waals surface area contributed by atoms with E-state index in [1.54, 1.807) is 6.92 Å². The predicted octanol–water partition coefficient (Wildman–Crippen LogP) is 1.18. The molecule has 3 N–H and O–H groups in total. The average molecular weight is 275 g/mol. The summed E-state index contributed by atoms with van der Waals surface area (Å²) in [5.74, 6) is -0.859. The third-order valence-electron chi connectivity index (χ3n) is 2.21. The monoisotopic (exact) mass is 274 g/mol. The molecule has 0 radical (unpaired) electrons. The highest BCUT2D eigenvalue weighted by atomic mass is 35.5. The Morgan fingerprint density at radius 1 is 1.50 bits per heavy atom. The quantitative estimate of drug-likeness (QED) is 0.683. The zero-order chi connectivity index (χ0) is 13.5. The van der Waals surface area contributed by atoms with Crippen molar-refractivity contribution in [2.75, 3.05) is 19.6 Å². The molecule has 0 heterocycles. The summed E-state index contributed by atoms with van der Waals surface area (Å²) >= 11 is 5.58. The van der Waals surface area contributed by atoms with E-state index in [1.165, 1.54) is 12.1 Å². The minimum atomic E-state index is -0.549. The topological polar surface area (TPSA) is 61.4 Å². The van der Waals surface area contributed by atoms with Crippen LogP contribution in [0.3, 0.4) is 0 Å². The highest BCUT2D eigenvalue weighted by Gasteiger charge is 2.07. The largest absolute Gasteiger partial charge is 0.392 e. The smallest absolute Gasteiger partial charge is 0.251 e. The van der Waals surface area contributed by atoms with Crippen LogP contribution in [0.5, 0.6) is 0 Å². The number of halogens is 2. The van der Waals surface area contributed by atoms with Crippen LogP contribution in [-0.2, 0) is 0 Å². The van der Waals surface area contributed by atoms with Gasteiger partial charge in [0.15, 0.2) is 0 Å².